The van der Waals surface area contributed by atoms with Crippen LogP contribution in [0.4, 0.5) is 0 Å². The van der Waals surface area contributed by atoms with Gasteiger partial charge in [-0.1, -0.05) is 27.2 Å². The molecule has 2 heterocycles. The molecule has 4 heteroatoms. The van der Waals surface area contributed by atoms with Crippen molar-refractivity contribution in [2.24, 2.45) is 5.92 Å². The van der Waals surface area contributed by atoms with E-state index in [1.807, 2.05) is 11.7 Å². The second-order valence-corrected chi connectivity index (χ2v) is 7.05. The molecule has 2 unspecified atom stereocenters. The summed E-state index contributed by atoms with van der Waals surface area (Å²) in [7, 11) is 0. The van der Waals surface area contributed by atoms with Gasteiger partial charge in [0.2, 0.25) is 0 Å². The van der Waals surface area contributed by atoms with Gasteiger partial charge in [-0.25, -0.2) is 0 Å². The van der Waals surface area contributed by atoms with E-state index in [4.69, 9.17) is 0 Å². The minimum Gasteiger partial charge on any atom is -0.311 e. The van der Waals surface area contributed by atoms with Crippen molar-refractivity contribution < 1.29 is 0 Å². The summed E-state index contributed by atoms with van der Waals surface area (Å²) in [6.07, 6.45) is 5.85. The zero-order valence-electron chi connectivity index (χ0n) is 12.4. The summed E-state index contributed by atoms with van der Waals surface area (Å²) in [6, 6.07) is 1.34. The Hall–Kier alpha value is -0.450. The van der Waals surface area contributed by atoms with Crippen molar-refractivity contribution in [3.8, 4) is 0 Å². The molecule has 2 rings (SSSR count). The largest absolute Gasteiger partial charge is 0.311 e. The van der Waals surface area contributed by atoms with Gasteiger partial charge >= 0.3 is 0 Å². The van der Waals surface area contributed by atoms with Gasteiger partial charge in [-0.3, -0.25) is 9.88 Å². The van der Waals surface area contributed by atoms with Crippen LogP contribution in [0.15, 0.2) is 11.7 Å². The average Bonchev–Trinajstić information content (AvgIpc) is 2.85. The SMILES string of the molecule is CCCC1CNC(CC(C)C)CN1Cc1cncs1. The molecule has 108 valence electrons. The predicted molar refractivity (Wildman–Crippen MR) is 82.5 cm³/mol. The van der Waals surface area contributed by atoms with Crippen molar-refractivity contribution >= 4 is 11.3 Å². The molecule has 0 saturated carbocycles. The van der Waals surface area contributed by atoms with Gasteiger partial charge in [0.25, 0.3) is 0 Å². The fourth-order valence-electron chi connectivity index (χ4n) is 2.99. The van der Waals surface area contributed by atoms with Crippen LogP contribution in [0.5, 0.6) is 0 Å². The van der Waals surface area contributed by atoms with Crippen LogP contribution < -0.4 is 5.32 Å². The highest BCUT2D eigenvalue weighted by Gasteiger charge is 2.27. The molecule has 1 fully saturated rings. The molecule has 1 aromatic rings. The Morgan fingerprint density at radius 3 is 3.00 bits per heavy atom. The standard InChI is InChI=1S/C15H27N3S/c1-4-5-14-7-17-13(6-12(2)3)9-18(14)10-15-8-16-11-19-15/h8,11-14,17H,4-7,9-10H2,1-3H3. The summed E-state index contributed by atoms with van der Waals surface area (Å²) in [5, 5.41) is 3.74. The van der Waals surface area contributed by atoms with Crippen molar-refractivity contribution in [3.63, 3.8) is 0 Å². The molecule has 3 nitrogen and oxygen atoms in total. The van der Waals surface area contributed by atoms with Gasteiger partial charge in [-0.2, -0.15) is 0 Å². The monoisotopic (exact) mass is 281 g/mol. The molecular weight excluding hydrogens is 254 g/mol. The van der Waals surface area contributed by atoms with Crippen LogP contribution in [0.25, 0.3) is 0 Å². The smallest absolute Gasteiger partial charge is 0.0794 e. The third-order valence-electron chi connectivity index (χ3n) is 3.83. The lowest BCUT2D eigenvalue weighted by molar-refractivity contribution is 0.109. The number of hydrogen-bond donors (Lipinski definition) is 1. The van der Waals surface area contributed by atoms with Crippen molar-refractivity contribution in [1.29, 1.82) is 0 Å². The lowest BCUT2D eigenvalue weighted by atomic mass is 9.98. The third kappa shape index (κ3) is 4.55. The maximum Gasteiger partial charge on any atom is 0.0794 e. The first-order chi connectivity index (χ1) is 9.19. The Balaban J connectivity index is 1.95. The summed E-state index contributed by atoms with van der Waals surface area (Å²) in [4.78, 5) is 8.26. The lowest BCUT2D eigenvalue weighted by Gasteiger charge is -2.41. The molecule has 0 spiro atoms. The number of rotatable bonds is 6. The highest BCUT2D eigenvalue weighted by Crippen LogP contribution is 2.20. The van der Waals surface area contributed by atoms with Gasteiger partial charge in [0.1, 0.15) is 0 Å². The van der Waals surface area contributed by atoms with Gasteiger partial charge in [-0.05, 0) is 18.8 Å². The first-order valence-electron chi connectivity index (χ1n) is 7.53. The van der Waals surface area contributed by atoms with E-state index in [-0.39, 0.29) is 0 Å². The summed E-state index contributed by atoms with van der Waals surface area (Å²) < 4.78 is 0. The Labute approximate surface area is 121 Å². The van der Waals surface area contributed by atoms with E-state index in [2.05, 4.69) is 36.0 Å². The van der Waals surface area contributed by atoms with E-state index < -0.39 is 0 Å². The van der Waals surface area contributed by atoms with Crippen LogP contribution in [-0.4, -0.2) is 35.1 Å². The van der Waals surface area contributed by atoms with E-state index in [9.17, 15) is 0 Å². The molecule has 1 aromatic heterocycles. The van der Waals surface area contributed by atoms with Crippen LogP contribution in [0.1, 0.15) is 44.9 Å². The van der Waals surface area contributed by atoms with E-state index in [0.717, 1.165) is 19.0 Å². The maximum atomic E-state index is 4.20. The number of nitrogens with zero attached hydrogens (tertiary/aromatic N) is 2. The molecular formula is C15H27N3S. The Bertz CT molecular complexity index is 350. The molecule has 0 aliphatic carbocycles. The zero-order chi connectivity index (χ0) is 13.7. The Morgan fingerprint density at radius 2 is 2.37 bits per heavy atom. The van der Waals surface area contributed by atoms with Gasteiger partial charge in [0.05, 0.1) is 5.51 Å². The van der Waals surface area contributed by atoms with Crippen LogP contribution in [0.2, 0.25) is 0 Å². The highest BCUT2D eigenvalue weighted by molar-refractivity contribution is 7.09. The molecule has 19 heavy (non-hydrogen) atoms. The quantitative estimate of drug-likeness (QED) is 0.868. The summed E-state index contributed by atoms with van der Waals surface area (Å²) in [5.41, 5.74) is 1.94. The summed E-state index contributed by atoms with van der Waals surface area (Å²) in [5.74, 6) is 0.769. The summed E-state index contributed by atoms with van der Waals surface area (Å²) in [6.45, 7) is 10.3. The topological polar surface area (TPSA) is 28.2 Å². The van der Waals surface area contributed by atoms with Crippen molar-refractivity contribution in [1.82, 2.24) is 15.2 Å². The maximum absolute atomic E-state index is 4.20. The fourth-order valence-corrected chi connectivity index (χ4v) is 3.61. The van der Waals surface area contributed by atoms with Crippen LogP contribution in [-0.2, 0) is 6.54 Å². The van der Waals surface area contributed by atoms with Gasteiger partial charge < -0.3 is 5.32 Å². The molecule has 2 atom stereocenters. The first kappa shape index (κ1) is 14.9. The van der Waals surface area contributed by atoms with Gasteiger partial charge in [0.15, 0.2) is 0 Å². The molecule has 0 amide bonds. The van der Waals surface area contributed by atoms with E-state index >= 15 is 0 Å². The molecule has 1 aliphatic heterocycles. The van der Waals surface area contributed by atoms with Crippen molar-refractivity contribution in [2.45, 2.75) is 58.7 Å². The van der Waals surface area contributed by atoms with Crippen molar-refractivity contribution in [2.75, 3.05) is 13.1 Å². The van der Waals surface area contributed by atoms with Gasteiger partial charge in [0, 0.05) is 42.8 Å². The lowest BCUT2D eigenvalue weighted by Crippen LogP contribution is -2.56. The Morgan fingerprint density at radius 1 is 1.53 bits per heavy atom. The van der Waals surface area contributed by atoms with Gasteiger partial charge in [-0.15, -0.1) is 11.3 Å². The van der Waals surface area contributed by atoms with E-state index in [1.165, 1.54) is 30.7 Å². The normalized spacial score (nSPS) is 25.1. The molecule has 0 bridgehead atoms. The van der Waals surface area contributed by atoms with E-state index in [1.54, 1.807) is 11.3 Å². The average molecular weight is 281 g/mol. The minimum absolute atomic E-state index is 0.654. The van der Waals surface area contributed by atoms with E-state index in [0.29, 0.717) is 12.1 Å². The van der Waals surface area contributed by atoms with Crippen LogP contribution in [0.3, 0.4) is 0 Å². The van der Waals surface area contributed by atoms with Crippen LogP contribution >= 0.6 is 11.3 Å². The number of hydrogen-bond acceptors (Lipinski definition) is 4. The predicted octanol–water partition coefficient (Wildman–Crippen LogP) is 3.13. The number of nitrogens with one attached hydrogen (secondary N) is 1. The molecule has 0 radical (unpaired) electrons. The van der Waals surface area contributed by atoms with Crippen molar-refractivity contribution in [3.05, 3.63) is 16.6 Å². The second-order valence-electron chi connectivity index (χ2n) is 6.07. The molecule has 0 aromatic carbocycles. The summed E-state index contributed by atoms with van der Waals surface area (Å²) >= 11 is 1.78. The Kier molecular flexibility index (Phi) is 5.79. The first-order valence-corrected chi connectivity index (χ1v) is 8.41. The number of thiazole rings is 1. The molecule has 1 aliphatic rings. The second kappa shape index (κ2) is 7.36. The zero-order valence-corrected chi connectivity index (χ0v) is 13.2. The third-order valence-corrected chi connectivity index (χ3v) is 4.60. The molecule has 1 N–H and O–H groups in total. The number of piperazine rings is 1. The van der Waals surface area contributed by atoms with Crippen LogP contribution in [0, 0.1) is 5.92 Å². The minimum atomic E-state index is 0.654. The fraction of sp³-hybridized carbons (Fsp3) is 0.800. The molecule has 1 saturated heterocycles. The highest BCUT2D eigenvalue weighted by atomic mass is 32.1. The number of aromatic nitrogens is 1.